The fraction of sp³-hybridized carbons (Fsp3) is 0.385. The molecule has 0 aliphatic carbocycles. The first-order chi connectivity index (χ1) is 16.8. The molecule has 1 aliphatic rings. The molecule has 0 radical (unpaired) electrons. The summed E-state index contributed by atoms with van der Waals surface area (Å²) in [5.74, 6) is 0.0206. The number of nitrogen functional groups attached to an aromatic ring is 1. The Hall–Kier alpha value is -3.88. The van der Waals surface area contributed by atoms with Crippen molar-refractivity contribution in [3.8, 4) is 0 Å². The van der Waals surface area contributed by atoms with Crippen LogP contribution in [0.3, 0.4) is 0 Å². The van der Waals surface area contributed by atoms with Gasteiger partial charge in [0.15, 0.2) is 0 Å². The number of nitrogens with zero attached hydrogens (tertiary/aromatic N) is 4. The highest BCUT2D eigenvalue weighted by Crippen LogP contribution is 2.26. The molecule has 0 spiro atoms. The standard InChI is InChI=1S/C26H32N6O3/c1-30(26(35)31-13-3-2-4-14-31)20-11-12-22-21(17-20)29-23(32(22)15-5-6-24(33)34)16-18-7-9-19(10-8-18)25(27)28/h7-12,17H,2-6,13-16H2,1H3,(H3,27,28)(H,33,34). The molecule has 1 aromatic heterocycles. The van der Waals surface area contributed by atoms with Crippen LogP contribution < -0.4 is 10.6 Å². The molecule has 2 aromatic carbocycles. The number of amidine groups is 1. The van der Waals surface area contributed by atoms with Crippen molar-refractivity contribution in [2.45, 2.75) is 45.1 Å². The number of benzene rings is 2. The SMILES string of the molecule is CN(C(=O)N1CCCCC1)c1ccc2c(c1)nc(Cc1ccc(C(=N)N)cc1)n2CCCC(=O)O. The number of nitrogens with one attached hydrogen (secondary N) is 1. The molecule has 1 aliphatic heterocycles. The zero-order valence-electron chi connectivity index (χ0n) is 20.0. The number of amides is 2. The molecule has 0 bridgehead atoms. The van der Waals surface area contributed by atoms with Crippen molar-refractivity contribution >= 4 is 34.6 Å². The van der Waals surface area contributed by atoms with Crippen molar-refractivity contribution in [1.82, 2.24) is 14.5 Å². The number of piperidine rings is 1. The second kappa shape index (κ2) is 10.6. The van der Waals surface area contributed by atoms with Gasteiger partial charge in [0.2, 0.25) is 0 Å². The molecule has 184 valence electrons. The van der Waals surface area contributed by atoms with E-state index < -0.39 is 5.97 Å². The van der Waals surface area contributed by atoms with Gasteiger partial charge in [0.1, 0.15) is 11.7 Å². The minimum Gasteiger partial charge on any atom is -0.481 e. The molecule has 2 amide bonds. The number of carboxylic acid groups (broad SMARTS) is 1. The first-order valence-corrected chi connectivity index (χ1v) is 12.0. The highest BCUT2D eigenvalue weighted by Gasteiger charge is 2.22. The van der Waals surface area contributed by atoms with Crippen molar-refractivity contribution in [2.75, 3.05) is 25.0 Å². The Morgan fingerprint density at radius 3 is 2.49 bits per heavy atom. The molecule has 35 heavy (non-hydrogen) atoms. The van der Waals surface area contributed by atoms with E-state index in [0.717, 1.165) is 54.0 Å². The lowest BCUT2D eigenvalue weighted by molar-refractivity contribution is -0.137. The van der Waals surface area contributed by atoms with E-state index in [1.54, 1.807) is 11.9 Å². The number of hydrogen-bond donors (Lipinski definition) is 3. The van der Waals surface area contributed by atoms with Gasteiger partial charge in [-0.2, -0.15) is 0 Å². The lowest BCUT2D eigenvalue weighted by Crippen LogP contribution is -2.43. The van der Waals surface area contributed by atoms with Gasteiger partial charge >= 0.3 is 12.0 Å². The summed E-state index contributed by atoms with van der Waals surface area (Å²) >= 11 is 0. The number of imidazole rings is 1. The number of carboxylic acids is 1. The van der Waals surface area contributed by atoms with Crippen LogP contribution in [0.1, 0.15) is 49.1 Å². The van der Waals surface area contributed by atoms with Gasteiger partial charge in [-0.15, -0.1) is 0 Å². The number of likely N-dealkylation sites (tertiary alicyclic amines) is 1. The summed E-state index contributed by atoms with van der Waals surface area (Å²) < 4.78 is 2.06. The number of fused-ring (bicyclic) bond motifs is 1. The van der Waals surface area contributed by atoms with Crippen LogP contribution in [0.15, 0.2) is 42.5 Å². The maximum absolute atomic E-state index is 13.0. The second-order valence-corrected chi connectivity index (χ2v) is 9.03. The molecule has 1 saturated heterocycles. The lowest BCUT2D eigenvalue weighted by atomic mass is 10.1. The van der Waals surface area contributed by atoms with E-state index in [9.17, 15) is 9.59 Å². The predicted molar refractivity (Wildman–Crippen MR) is 136 cm³/mol. The van der Waals surface area contributed by atoms with E-state index in [1.807, 2.05) is 47.4 Å². The van der Waals surface area contributed by atoms with Crippen LogP contribution in [-0.4, -0.2) is 57.5 Å². The van der Waals surface area contributed by atoms with Crippen molar-refractivity contribution in [3.05, 3.63) is 59.4 Å². The number of aliphatic carboxylic acids is 1. The lowest BCUT2D eigenvalue weighted by Gasteiger charge is -2.31. The molecular weight excluding hydrogens is 444 g/mol. The number of carbonyl (C=O) groups excluding carboxylic acids is 1. The zero-order valence-corrected chi connectivity index (χ0v) is 20.0. The van der Waals surface area contributed by atoms with Gasteiger partial charge in [-0.1, -0.05) is 24.3 Å². The van der Waals surface area contributed by atoms with Crippen LogP contribution in [0, 0.1) is 5.41 Å². The minimum absolute atomic E-state index is 0.00396. The Labute approximate surface area is 204 Å². The van der Waals surface area contributed by atoms with Gasteiger partial charge < -0.3 is 20.3 Å². The summed E-state index contributed by atoms with van der Waals surface area (Å²) in [6.07, 6.45) is 4.37. The molecule has 3 aromatic rings. The Morgan fingerprint density at radius 1 is 1.11 bits per heavy atom. The third kappa shape index (κ3) is 5.62. The molecular formula is C26H32N6O3. The molecule has 2 heterocycles. The van der Waals surface area contributed by atoms with Crippen LogP contribution in [0.5, 0.6) is 0 Å². The summed E-state index contributed by atoms with van der Waals surface area (Å²) in [5.41, 5.74) is 9.70. The van der Waals surface area contributed by atoms with E-state index in [2.05, 4.69) is 4.57 Å². The van der Waals surface area contributed by atoms with Crippen molar-refractivity contribution in [2.24, 2.45) is 5.73 Å². The number of carbonyl (C=O) groups is 2. The number of hydrogen-bond acceptors (Lipinski definition) is 4. The molecule has 0 saturated carbocycles. The predicted octanol–water partition coefficient (Wildman–Crippen LogP) is 3.82. The van der Waals surface area contributed by atoms with Crippen molar-refractivity contribution in [3.63, 3.8) is 0 Å². The fourth-order valence-electron chi connectivity index (χ4n) is 4.54. The van der Waals surface area contributed by atoms with Gasteiger partial charge in [-0.25, -0.2) is 9.78 Å². The highest BCUT2D eigenvalue weighted by molar-refractivity contribution is 5.95. The molecule has 0 unspecified atom stereocenters. The maximum Gasteiger partial charge on any atom is 0.324 e. The largest absolute Gasteiger partial charge is 0.481 e. The normalized spacial score (nSPS) is 13.7. The number of aromatic nitrogens is 2. The van der Waals surface area contributed by atoms with E-state index >= 15 is 0 Å². The quantitative estimate of drug-likeness (QED) is 0.336. The van der Waals surface area contributed by atoms with Crippen molar-refractivity contribution < 1.29 is 14.7 Å². The average Bonchev–Trinajstić information content (AvgIpc) is 3.19. The molecule has 1 fully saturated rings. The van der Waals surface area contributed by atoms with Crippen LogP contribution in [0.4, 0.5) is 10.5 Å². The maximum atomic E-state index is 13.0. The number of anilines is 1. The summed E-state index contributed by atoms with van der Waals surface area (Å²) in [4.78, 5) is 32.5. The fourth-order valence-corrected chi connectivity index (χ4v) is 4.54. The van der Waals surface area contributed by atoms with Gasteiger partial charge in [-0.05, 0) is 49.4 Å². The third-order valence-corrected chi connectivity index (χ3v) is 6.51. The monoisotopic (exact) mass is 476 g/mol. The molecule has 9 nitrogen and oxygen atoms in total. The Morgan fingerprint density at radius 2 is 1.83 bits per heavy atom. The number of nitrogens with two attached hydrogens (primary N) is 1. The van der Waals surface area contributed by atoms with Crippen LogP contribution in [0.25, 0.3) is 11.0 Å². The summed E-state index contributed by atoms with van der Waals surface area (Å²) in [6, 6.07) is 13.3. The van der Waals surface area contributed by atoms with Gasteiger partial charge in [0.05, 0.1) is 11.0 Å². The van der Waals surface area contributed by atoms with Gasteiger partial charge in [0, 0.05) is 50.8 Å². The van der Waals surface area contributed by atoms with E-state index in [4.69, 9.17) is 21.2 Å². The first-order valence-electron chi connectivity index (χ1n) is 12.0. The molecule has 4 rings (SSSR count). The Kier molecular flexibility index (Phi) is 7.33. The van der Waals surface area contributed by atoms with Crippen molar-refractivity contribution in [1.29, 1.82) is 5.41 Å². The summed E-state index contributed by atoms with van der Waals surface area (Å²) in [5, 5.41) is 16.7. The number of rotatable bonds is 8. The topological polar surface area (TPSA) is 129 Å². The summed E-state index contributed by atoms with van der Waals surface area (Å²) in [7, 11) is 1.79. The highest BCUT2D eigenvalue weighted by atomic mass is 16.4. The molecule has 0 atom stereocenters. The van der Waals surface area contributed by atoms with Gasteiger partial charge in [0.25, 0.3) is 0 Å². The first kappa shape index (κ1) is 24.3. The summed E-state index contributed by atoms with van der Waals surface area (Å²) in [6.45, 7) is 2.11. The number of aryl methyl sites for hydroxylation is 1. The Balaban J connectivity index is 1.62. The van der Waals surface area contributed by atoms with Gasteiger partial charge in [-0.3, -0.25) is 15.1 Å². The Bertz CT molecular complexity index is 1230. The van der Waals surface area contributed by atoms with E-state index in [1.165, 1.54) is 6.42 Å². The number of urea groups is 1. The molecule has 4 N–H and O–H groups in total. The van der Waals surface area contributed by atoms with E-state index in [0.29, 0.717) is 24.9 Å². The third-order valence-electron chi connectivity index (χ3n) is 6.51. The minimum atomic E-state index is -0.823. The zero-order chi connectivity index (χ0) is 24.9. The molecule has 9 heteroatoms. The van der Waals surface area contributed by atoms with Crippen LogP contribution in [-0.2, 0) is 17.8 Å². The van der Waals surface area contributed by atoms with E-state index in [-0.39, 0.29) is 18.3 Å². The second-order valence-electron chi connectivity index (χ2n) is 9.03. The van der Waals surface area contributed by atoms with Crippen LogP contribution in [0.2, 0.25) is 0 Å². The average molecular weight is 477 g/mol. The smallest absolute Gasteiger partial charge is 0.324 e. The van der Waals surface area contributed by atoms with Crippen LogP contribution >= 0.6 is 0 Å².